The smallest absolute Gasteiger partial charge is 0.379 e. The van der Waals surface area contributed by atoms with E-state index in [0.717, 1.165) is 12.0 Å². The summed E-state index contributed by atoms with van der Waals surface area (Å²) < 4.78 is 4.03. The number of hydrogen-bond donors (Lipinski definition) is 0. The van der Waals surface area contributed by atoms with Gasteiger partial charge in [-0.05, 0) is 0 Å². The number of hydrogen-bond acceptors (Lipinski definition) is 3. The molecule has 0 bridgehead atoms. The minimum Gasteiger partial charge on any atom is -0.384 e. The minimum absolute atomic E-state index is 0.278. The van der Waals surface area contributed by atoms with Gasteiger partial charge in [-0.3, -0.25) is 0 Å². The molecule has 0 aliphatic heterocycles. The van der Waals surface area contributed by atoms with Crippen molar-refractivity contribution in [3.05, 3.63) is 0 Å². The Labute approximate surface area is 54.0 Å². The van der Waals surface area contributed by atoms with Gasteiger partial charge in [0.1, 0.15) is 0 Å². The number of rotatable bonds is 1. The van der Waals surface area contributed by atoms with Crippen LogP contribution in [0.3, 0.4) is 0 Å². The highest BCUT2D eigenvalue weighted by Crippen LogP contribution is 2.00. The van der Waals surface area contributed by atoms with Gasteiger partial charge in [-0.25, -0.2) is 4.79 Å². The van der Waals surface area contributed by atoms with Crippen molar-refractivity contribution in [2.24, 2.45) is 0 Å². The summed E-state index contributed by atoms with van der Waals surface area (Å²) in [5, 5.41) is 0. The fourth-order valence-corrected chi connectivity index (χ4v) is 0.736. The first-order valence-corrected chi connectivity index (χ1v) is 3.40. The molecule has 0 aliphatic carbocycles. The Morgan fingerprint density at radius 3 is 2.50 bits per heavy atom. The van der Waals surface area contributed by atoms with Crippen molar-refractivity contribution < 1.29 is 8.98 Å². The lowest BCUT2D eigenvalue weighted by Crippen LogP contribution is -1.76. The summed E-state index contributed by atoms with van der Waals surface area (Å²) in [6.45, 7) is 0. The van der Waals surface area contributed by atoms with Crippen molar-refractivity contribution in [1.82, 2.24) is 0 Å². The molecular weight excluding hydrogens is 215 g/mol. The molecule has 0 aromatic heterocycles. The van der Waals surface area contributed by atoms with Gasteiger partial charge in [0.2, 0.25) is 0 Å². The Hall–Kier alpha value is 0.550. The molecule has 0 aliphatic rings. The maximum atomic E-state index is 9.79. The van der Waals surface area contributed by atoms with Gasteiger partial charge in [-0.1, -0.05) is 0 Å². The van der Waals surface area contributed by atoms with Crippen molar-refractivity contribution in [3.8, 4) is 0 Å². The van der Waals surface area contributed by atoms with Crippen molar-refractivity contribution >= 4 is 38.6 Å². The van der Waals surface area contributed by atoms with Crippen LogP contribution in [-0.4, -0.2) is 10.2 Å². The van der Waals surface area contributed by atoms with Gasteiger partial charge in [0.15, 0.2) is 0 Å². The number of carbonyl (C=O) groups excluding carboxylic acids is 1. The minimum atomic E-state index is -0.278. The highest BCUT2D eigenvalue weighted by molar-refractivity contribution is 14.1. The molecule has 0 rings (SSSR count). The van der Waals surface area contributed by atoms with Crippen LogP contribution in [0, 0.1) is 0 Å². The molecule has 6 heavy (non-hydrogen) atoms. The Morgan fingerprint density at radius 2 is 2.50 bits per heavy atom. The molecule has 0 aromatic carbocycles. The molecule has 0 heterocycles. The molecule has 0 saturated carbocycles. The average molecular weight is 218 g/mol. The van der Waals surface area contributed by atoms with E-state index in [1.807, 2.05) is 0 Å². The second kappa shape index (κ2) is 3.73. The lowest BCUT2D eigenvalue weighted by molar-refractivity contribution is 0.237. The third-order valence-electron chi connectivity index (χ3n) is 0.149. The molecule has 0 radical (unpaired) electrons. The SMILES string of the molecule is CSOC(=O)I. The quantitative estimate of drug-likeness (QED) is 0.381. The molecule has 0 atom stereocenters. The van der Waals surface area contributed by atoms with E-state index in [4.69, 9.17) is 0 Å². The highest BCUT2D eigenvalue weighted by atomic mass is 127. The topological polar surface area (TPSA) is 26.3 Å². The summed E-state index contributed by atoms with van der Waals surface area (Å²) in [4.78, 5) is 9.79. The molecule has 4 heteroatoms. The first-order valence-electron chi connectivity index (χ1n) is 1.17. The van der Waals surface area contributed by atoms with Gasteiger partial charge in [0.25, 0.3) is 0 Å². The van der Waals surface area contributed by atoms with E-state index in [1.165, 1.54) is 0 Å². The third-order valence-corrected chi connectivity index (χ3v) is 0.986. The zero-order valence-corrected chi connectivity index (χ0v) is 6.08. The van der Waals surface area contributed by atoms with Gasteiger partial charge in [-0.2, -0.15) is 0 Å². The predicted octanol–water partition coefficient (Wildman–Crippen LogP) is 1.84. The van der Waals surface area contributed by atoms with Crippen molar-refractivity contribution in [2.75, 3.05) is 6.26 Å². The Kier molecular flexibility index (Phi) is 4.07. The second-order valence-electron chi connectivity index (χ2n) is 0.488. The van der Waals surface area contributed by atoms with Gasteiger partial charge >= 0.3 is 3.98 Å². The van der Waals surface area contributed by atoms with E-state index in [2.05, 4.69) is 4.18 Å². The largest absolute Gasteiger partial charge is 0.384 e. The molecule has 2 nitrogen and oxygen atoms in total. The number of carbonyl (C=O) groups is 1. The van der Waals surface area contributed by atoms with E-state index in [-0.39, 0.29) is 3.98 Å². The molecular formula is C2H3IO2S. The van der Waals surface area contributed by atoms with Crippen LogP contribution < -0.4 is 0 Å². The van der Waals surface area contributed by atoms with Gasteiger partial charge in [0, 0.05) is 6.26 Å². The van der Waals surface area contributed by atoms with Gasteiger partial charge in [0.05, 0.1) is 34.6 Å². The molecule has 0 unspecified atom stereocenters. The van der Waals surface area contributed by atoms with Crippen LogP contribution in [-0.2, 0) is 4.18 Å². The Morgan fingerprint density at radius 1 is 2.00 bits per heavy atom. The lowest BCUT2D eigenvalue weighted by Gasteiger charge is -1.84. The zero-order valence-electron chi connectivity index (χ0n) is 3.10. The second-order valence-corrected chi connectivity index (χ2v) is 1.87. The Bertz CT molecular complexity index is 55.5. The monoisotopic (exact) mass is 218 g/mol. The maximum Gasteiger partial charge on any atom is 0.379 e. The highest BCUT2D eigenvalue weighted by Gasteiger charge is 1.86. The fourth-order valence-electron chi connectivity index (χ4n) is 0.0655. The van der Waals surface area contributed by atoms with Gasteiger partial charge in [-0.15, -0.1) is 0 Å². The van der Waals surface area contributed by atoms with E-state index in [1.54, 1.807) is 28.8 Å². The zero-order chi connectivity index (χ0) is 4.99. The molecule has 0 aromatic rings. The molecule has 0 spiro atoms. The lowest BCUT2D eigenvalue weighted by atomic mass is 11.7. The van der Waals surface area contributed by atoms with Crippen molar-refractivity contribution in [1.29, 1.82) is 0 Å². The predicted molar refractivity (Wildman–Crippen MR) is 34.0 cm³/mol. The van der Waals surface area contributed by atoms with Crippen LogP contribution in [0.15, 0.2) is 0 Å². The third kappa shape index (κ3) is 4.55. The standard InChI is InChI=1S/C2H3IO2S/c1-6-5-2(3)4/h1H3. The molecule has 0 amide bonds. The molecule has 0 fully saturated rings. The van der Waals surface area contributed by atoms with Crippen LogP contribution in [0.1, 0.15) is 0 Å². The van der Waals surface area contributed by atoms with Crippen molar-refractivity contribution in [2.45, 2.75) is 0 Å². The van der Waals surface area contributed by atoms with Crippen LogP contribution in [0.25, 0.3) is 0 Å². The average Bonchev–Trinajstić information content (AvgIpc) is 1.35. The van der Waals surface area contributed by atoms with Crippen molar-refractivity contribution in [3.63, 3.8) is 0 Å². The van der Waals surface area contributed by atoms with Crippen LogP contribution >= 0.6 is 34.6 Å². The maximum absolute atomic E-state index is 9.79. The summed E-state index contributed by atoms with van der Waals surface area (Å²) in [6.07, 6.45) is 1.69. The first kappa shape index (κ1) is 6.55. The van der Waals surface area contributed by atoms with Crippen LogP contribution in [0.5, 0.6) is 0 Å². The van der Waals surface area contributed by atoms with E-state index < -0.39 is 0 Å². The van der Waals surface area contributed by atoms with E-state index in [9.17, 15) is 4.79 Å². The van der Waals surface area contributed by atoms with Crippen LogP contribution in [0.2, 0.25) is 0 Å². The fraction of sp³-hybridized carbons (Fsp3) is 0.500. The normalized spacial score (nSPS) is 7.67. The van der Waals surface area contributed by atoms with E-state index >= 15 is 0 Å². The summed E-state index contributed by atoms with van der Waals surface area (Å²) in [5.74, 6) is 0. The number of halogens is 1. The van der Waals surface area contributed by atoms with E-state index in [0.29, 0.717) is 0 Å². The summed E-state index contributed by atoms with van der Waals surface area (Å²) >= 11 is 2.61. The summed E-state index contributed by atoms with van der Waals surface area (Å²) in [6, 6.07) is 0. The first-order chi connectivity index (χ1) is 2.77. The molecule has 36 valence electrons. The van der Waals surface area contributed by atoms with Gasteiger partial charge < -0.3 is 4.18 Å². The Balaban J connectivity index is 2.83. The molecule has 0 N–H and O–H groups in total. The molecule has 0 saturated heterocycles. The summed E-state index contributed by atoms with van der Waals surface area (Å²) in [5.41, 5.74) is 0. The summed E-state index contributed by atoms with van der Waals surface area (Å²) in [7, 11) is 0. The van der Waals surface area contributed by atoms with Crippen LogP contribution in [0.4, 0.5) is 4.79 Å².